The topological polar surface area (TPSA) is 56.6 Å². The van der Waals surface area contributed by atoms with Crippen molar-refractivity contribution in [3.8, 4) is 100 Å². The van der Waals surface area contributed by atoms with Gasteiger partial charge >= 0.3 is 0 Å². The van der Waals surface area contributed by atoms with Gasteiger partial charge in [-0.25, -0.2) is 0 Å². The number of nitrogens with zero attached hydrogens (tertiary/aromatic N) is 2. The van der Waals surface area contributed by atoms with Crippen molar-refractivity contribution in [1.29, 1.82) is 0 Å². The van der Waals surface area contributed by atoms with Gasteiger partial charge in [0.25, 0.3) is 0 Å². The molecule has 0 saturated heterocycles. The molecule has 26 aromatic rings. The van der Waals surface area contributed by atoms with Crippen LogP contribution in [0.2, 0.25) is 0 Å². The van der Waals surface area contributed by atoms with Crippen molar-refractivity contribution in [2.24, 2.45) is 0 Å². The average Bonchev–Trinajstić information content (AvgIpc) is 1.58. The number of anilines is 11. The van der Waals surface area contributed by atoms with E-state index in [0.717, 1.165) is 62.6 Å². The molecule has 0 aromatic heterocycles. The third-order valence-corrected chi connectivity index (χ3v) is 31.5. The molecular formula is C138H92I3N5. The summed E-state index contributed by atoms with van der Waals surface area (Å²) in [5.74, 6) is 0. The smallest absolute Gasteiger partial charge is 0.0540 e. The van der Waals surface area contributed by atoms with E-state index in [-0.39, 0.29) is 0 Å². The van der Waals surface area contributed by atoms with Crippen LogP contribution in [0.4, 0.5) is 62.6 Å². The van der Waals surface area contributed by atoms with Crippen molar-refractivity contribution >= 4 is 227 Å². The van der Waals surface area contributed by atoms with Crippen molar-refractivity contribution in [3.05, 3.63) is 545 Å². The normalized spacial score (nSPS) is 11.4. The van der Waals surface area contributed by atoms with Crippen LogP contribution in [-0.4, -0.2) is 0 Å². The van der Waals surface area contributed by atoms with E-state index in [0.29, 0.717) is 0 Å². The predicted molar refractivity (Wildman–Crippen MR) is 651 cm³/mol. The Kier molecular flexibility index (Phi) is 24.5. The average molecular weight is 2200 g/mol. The summed E-state index contributed by atoms with van der Waals surface area (Å²) in [5, 5.41) is 30.1. The molecule has 690 valence electrons. The maximum absolute atomic E-state index is 5.36. The minimum absolute atomic E-state index is 0.822. The first-order chi connectivity index (χ1) is 72.2. The van der Waals surface area contributed by atoms with E-state index >= 15 is 0 Å². The van der Waals surface area contributed by atoms with E-state index < -0.39 is 0 Å². The Hall–Kier alpha value is -16.8. The number of hydrogen-bond donors (Lipinski definition) is 3. The van der Waals surface area contributed by atoms with Gasteiger partial charge in [0, 0.05) is 82.8 Å². The molecule has 146 heavy (non-hydrogen) atoms. The number of halogens is 3. The standard InChI is InChI=1S/C64H40N2.C32H24N2.C20H12I2.C16H9I.C6H7N/c1-3-17-41(18-4-1)65(61-39-35-55-47-25-9-7-23-45(47)53-29-15-31-57(61)63(53)55)59-37-33-49(43-21-11-13-27-51(43)59)50-34-38-60(52-28-14-12-22-44(50)52)66(42-19-5-2-6-20-42)62-40-36-56-48-26-10-8-24-46(48)54-30-16-32-58(62)64(54)56;1-3-11-23(12-4-1)33-31-21-19-27(25-15-7-9-17-29(25)31)28-20-22-32(30-18-10-8-16-26(28)30)34-24-13-5-2-6-14-24;21-19-11-9-15(13-5-1-3-7-17(13)19)16-10-12-20(22)18-8-4-2-6-14(16)18;17-15-9-8-13-11-5-2-1-4-10(11)12-6-3-7-14(15)16(12)13;7-6-4-2-1-3-5-6/h1-40H;1-22,33-34H;1-12H;1-9H;1-5H,7H2. The lowest BCUT2D eigenvalue weighted by Crippen LogP contribution is -2.11. The minimum atomic E-state index is 0.822. The van der Waals surface area contributed by atoms with Crippen LogP contribution in [0.5, 0.6) is 0 Å². The highest BCUT2D eigenvalue weighted by Crippen LogP contribution is 2.57. The maximum Gasteiger partial charge on any atom is 0.0540 e. The van der Waals surface area contributed by atoms with Crippen molar-refractivity contribution in [2.45, 2.75) is 0 Å². The van der Waals surface area contributed by atoms with Gasteiger partial charge in [-0.2, -0.15) is 0 Å². The van der Waals surface area contributed by atoms with Crippen LogP contribution in [0.3, 0.4) is 0 Å². The summed E-state index contributed by atoms with van der Waals surface area (Å²) >= 11 is 7.25. The third kappa shape index (κ3) is 16.6. The number of hydrogen-bond acceptors (Lipinski definition) is 5. The molecule has 0 bridgehead atoms. The lowest BCUT2D eigenvalue weighted by molar-refractivity contribution is 1.31. The fourth-order valence-electron chi connectivity index (χ4n) is 22.2. The molecule has 4 N–H and O–H groups in total. The first kappa shape index (κ1) is 90.5. The van der Waals surface area contributed by atoms with Crippen LogP contribution in [0, 0.1) is 10.7 Å². The number of nitrogens with two attached hydrogens (primary N) is 1. The van der Waals surface area contributed by atoms with Crippen molar-refractivity contribution < 1.29 is 0 Å². The molecule has 3 aliphatic carbocycles. The van der Waals surface area contributed by atoms with E-state index in [1.165, 1.54) is 208 Å². The molecule has 0 radical (unpaired) electrons. The summed E-state index contributed by atoms with van der Waals surface area (Å²) < 4.78 is 3.93. The zero-order chi connectivity index (χ0) is 97.7. The van der Waals surface area contributed by atoms with Crippen LogP contribution < -0.4 is 26.2 Å². The number of fused-ring (bicyclic) bond motifs is 15. The fraction of sp³-hybridized carbons (Fsp3) is 0. The summed E-state index contributed by atoms with van der Waals surface area (Å²) in [4.78, 5) is 4.93. The van der Waals surface area contributed by atoms with Crippen LogP contribution in [0.25, 0.3) is 197 Å². The third-order valence-electron chi connectivity index (χ3n) is 28.7. The van der Waals surface area contributed by atoms with Gasteiger partial charge in [0.05, 0.1) is 22.7 Å². The molecule has 8 heteroatoms. The van der Waals surface area contributed by atoms with Crippen LogP contribution in [-0.2, 0) is 0 Å². The molecule has 0 heterocycles. The van der Waals surface area contributed by atoms with Crippen LogP contribution >= 0.6 is 67.8 Å². The number of para-hydroxylation sites is 5. The molecule has 5 nitrogen and oxygen atoms in total. The minimum Gasteiger partial charge on any atom is -0.399 e. The highest BCUT2D eigenvalue weighted by atomic mass is 127. The first-order valence-electron chi connectivity index (χ1n) is 49.4. The van der Waals surface area contributed by atoms with E-state index in [1.54, 1.807) is 0 Å². The van der Waals surface area contributed by atoms with Crippen molar-refractivity contribution in [1.82, 2.24) is 0 Å². The molecule has 29 rings (SSSR count). The van der Waals surface area contributed by atoms with Gasteiger partial charge in [-0.3, -0.25) is 0 Å². The monoisotopic (exact) mass is 2200 g/mol. The highest BCUT2D eigenvalue weighted by molar-refractivity contribution is 14.1. The Morgan fingerprint density at radius 3 is 0.678 bits per heavy atom. The molecule has 0 amide bonds. The first-order valence-corrected chi connectivity index (χ1v) is 52.6. The Balaban J connectivity index is 0.000000114. The number of nitrogen functional groups attached to an aromatic ring is 1. The largest absolute Gasteiger partial charge is 0.399 e. The Labute approximate surface area is 889 Å². The number of nitrogens with one attached hydrogen (secondary N) is 2. The molecule has 3 aliphatic rings. The van der Waals surface area contributed by atoms with Gasteiger partial charge in [-0.15, -0.1) is 0 Å². The van der Waals surface area contributed by atoms with Gasteiger partial charge in [0.2, 0.25) is 0 Å². The maximum atomic E-state index is 5.36. The Morgan fingerprint density at radius 1 is 0.144 bits per heavy atom. The lowest BCUT2D eigenvalue weighted by Gasteiger charge is -2.30. The van der Waals surface area contributed by atoms with Gasteiger partial charge in [0.1, 0.15) is 0 Å². The molecule has 26 aromatic carbocycles. The SMILES string of the molecule is Ic1ccc(-c2ccc(I)c3ccccc23)c2ccccc12.Ic1ccc2c3c(cccc13)-c1ccccc1-2.Nc1ccccc1.c1ccc(N(c2ccc(-c3ccc(N(c4ccccc4)c4ccc5c6c(cccc46)-c4ccccc4-5)c4ccccc34)c3ccccc23)c2ccc3c4c(cccc24)-c2ccccc2-3)cc1.c1ccc(Nc2ccc(-c3ccc(Nc4ccccc4)c4ccccc34)c3ccccc23)cc1. The summed E-state index contributed by atoms with van der Waals surface area (Å²) in [6.45, 7) is 0. The summed E-state index contributed by atoms with van der Waals surface area (Å²) in [7, 11) is 0. The fourth-order valence-corrected chi connectivity index (χ4v) is 24.2. The van der Waals surface area contributed by atoms with E-state index in [2.05, 4.69) is 580 Å². The number of rotatable bonds is 13. The highest BCUT2D eigenvalue weighted by Gasteiger charge is 2.31. The summed E-state index contributed by atoms with van der Waals surface area (Å²) in [6, 6.07) is 192. The molecule has 0 spiro atoms. The van der Waals surface area contributed by atoms with Crippen LogP contribution in [0.15, 0.2) is 534 Å². The molecule has 0 atom stereocenters. The van der Waals surface area contributed by atoms with Gasteiger partial charge in [0.15, 0.2) is 0 Å². The molecular weight excluding hydrogens is 2110 g/mol. The summed E-state index contributed by atoms with van der Waals surface area (Å²) in [6.07, 6.45) is 0. The van der Waals surface area contributed by atoms with Gasteiger partial charge in [-0.05, 0) is 348 Å². The lowest BCUT2D eigenvalue weighted by atomic mass is 9.91. The van der Waals surface area contributed by atoms with Crippen molar-refractivity contribution in [3.63, 3.8) is 0 Å². The molecule has 0 fully saturated rings. The molecule has 0 aliphatic heterocycles. The Morgan fingerprint density at radius 2 is 0.349 bits per heavy atom. The molecule has 0 unspecified atom stereocenters. The summed E-state index contributed by atoms with van der Waals surface area (Å²) in [5.41, 5.74) is 40.8. The quantitative estimate of drug-likeness (QED) is 0.0793. The second-order valence-corrected chi connectivity index (χ2v) is 40.5. The zero-order valence-electron chi connectivity index (χ0n) is 79.4. The zero-order valence-corrected chi connectivity index (χ0v) is 85.9. The van der Waals surface area contributed by atoms with E-state index in [4.69, 9.17) is 5.73 Å². The van der Waals surface area contributed by atoms with Crippen LogP contribution in [0.1, 0.15) is 0 Å². The van der Waals surface area contributed by atoms with Gasteiger partial charge < -0.3 is 26.2 Å². The Bertz CT molecular complexity index is 9020. The van der Waals surface area contributed by atoms with E-state index in [1.807, 2.05) is 42.5 Å². The van der Waals surface area contributed by atoms with Gasteiger partial charge in [-0.1, -0.05) is 419 Å². The van der Waals surface area contributed by atoms with Crippen molar-refractivity contribution in [2.75, 3.05) is 26.2 Å². The second-order valence-electron chi connectivity index (χ2n) is 37.0. The predicted octanol–water partition coefficient (Wildman–Crippen LogP) is 40.6. The van der Waals surface area contributed by atoms with E-state index in [9.17, 15) is 0 Å². The number of benzene rings is 26. The second kappa shape index (κ2) is 39.5. The molecule has 0 saturated carbocycles.